The number of hydrogen-bond acceptors (Lipinski definition) is 5. The van der Waals surface area contributed by atoms with E-state index in [0.29, 0.717) is 11.6 Å². The zero-order chi connectivity index (χ0) is 24.7. The van der Waals surface area contributed by atoms with Gasteiger partial charge < -0.3 is 9.64 Å². The van der Waals surface area contributed by atoms with Gasteiger partial charge >= 0.3 is 5.97 Å². The topological polar surface area (TPSA) is 84.0 Å². The SMILES string of the molecule is CCc1ccccc1N1C[C@H](C(=O)Oc2cccc(N3C(=O)[C@@H]4CC[C@H](C)C[C@H]4C3=O)c2)CC1=O. The molecule has 0 aromatic heterocycles. The van der Waals surface area contributed by atoms with E-state index in [2.05, 4.69) is 6.92 Å². The summed E-state index contributed by atoms with van der Waals surface area (Å²) in [5, 5.41) is 0. The predicted molar refractivity (Wildman–Crippen MR) is 131 cm³/mol. The van der Waals surface area contributed by atoms with Gasteiger partial charge in [-0.05, 0) is 55.4 Å². The molecule has 4 atom stereocenters. The van der Waals surface area contributed by atoms with E-state index in [1.807, 2.05) is 31.2 Å². The van der Waals surface area contributed by atoms with Crippen LogP contribution in [-0.2, 0) is 25.6 Å². The standard InChI is InChI=1S/C28H30N2O5/c1-3-18-7-4-5-10-24(18)29-16-19(14-25(29)31)28(34)35-21-9-6-8-20(15-21)30-26(32)22-12-11-17(2)13-23(22)27(30)33/h4-10,15,17,19,22-23H,3,11-14,16H2,1-2H3/t17-,19+,22+,23+/m0/s1. The number of hydrogen-bond donors (Lipinski definition) is 0. The number of amides is 3. The molecule has 35 heavy (non-hydrogen) atoms. The minimum Gasteiger partial charge on any atom is -0.426 e. The Morgan fingerprint density at radius 1 is 1.00 bits per heavy atom. The molecule has 3 amide bonds. The fourth-order valence-electron chi connectivity index (χ4n) is 5.70. The summed E-state index contributed by atoms with van der Waals surface area (Å²) in [7, 11) is 0. The molecule has 182 valence electrons. The van der Waals surface area contributed by atoms with Crippen molar-refractivity contribution in [3.63, 3.8) is 0 Å². The Morgan fingerprint density at radius 3 is 2.57 bits per heavy atom. The zero-order valence-corrected chi connectivity index (χ0v) is 20.1. The van der Waals surface area contributed by atoms with Crippen LogP contribution >= 0.6 is 0 Å². The van der Waals surface area contributed by atoms with Gasteiger partial charge in [-0.2, -0.15) is 0 Å². The number of imide groups is 1. The highest BCUT2D eigenvalue weighted by Gasteiger charge is 2.50. The first-order valence-electron chi connectivity index (χ1n) is 12.4. The third kappa shape index (κ3) is 4.24. The summed E-state index contributed by atoms with van der Waals surface area (Å²) in [5.41, 5.74) is 2.31. The Morgan fingerprint density at radius 2 is 1.77 bits per heavy atom. The first kappa shape index (κ1) is 23.3. The molecule has 2 aromatic carbocycles. The molecule has 5 rings (SSSR count). The van der Waals surface area contributed by atoms with Crippen molar-refractivity contribution in [3.05, 3.63) is 54.1 Å². The van der Waals surface area contributed by atoms with Crippen LogP contribution in [0.15, 0.2) is 48.5 Å². The van der Waals surface area contributed by atoms with Crippen molar-refractivity contribution in [2.75, 3.05) is 16.3 Å². The summed E-state index contributed by atoms with van der Waals surface area (Å²) in [6.45, 7) is 4.41. The van der Waals surface area contributed by atoms with Crippen LogP contribution in [-0.4, -0.2) is 30.2 Å². The van der Waals surface area contributed by atoms with E-state index in [9.17, 15) is 19.2 Å². The lowest BCUT2D eigenvalue weighted by Crippen LogP contribution is -2.31. The second kappa shape index (κ2) is 9.29. The molecule has 3 aliphatic rings. The summed E-state index contributed by atoms with van der Waals surface area (Å²) >= 11 is 0. The van der Waals surface area contributed by atoms with E-state index in [0.717, 1.165) is 36.9 Å². The Hall–Kier alpha value is -3.48. The maximum absolute atomic E-state index is 13.1. The van der Waals surface area contributed by atoms with Crippen molar-refractivity contribution in [2.24, 2.45) is 23.7 Å². The Kier molecular flexibility index (Phi) is 6.17. The Bertz CT molecular complexity index is 1190. The number of fused-ring (bicyclic) bond motifs is 1. The number of aryl methyl sites for hydroxylation is 1. The van der Waals surface area contributed by atoms with Gasteiger partial charge in [-0.1, -0.05) is 38.1 Å². The molecule has 0 spiro atoms. The molecule has 3 fully saturated rings. The van der Waals surface area contributed by atoms with Gasteiger partial charge in [-0.15, -0.1) is 0 Å². The Labute approximate surface area is 205 Å². The van der Waals surface area contributed by atoms with Crippen molar-refractivity contribution < 1.29 is 23.9 Å². The molecule has 1 aliphatic carbocycles. The number of benzene rings is 2. The highest BCUT2D eigenvalue weighted by atomic mass is 16.5. The normalized spacial score (nSPS) is 26.3. The van der Waals surface area contributed by atoms with E-state index in [1.165, 1.54) is 4.90 Å². The first-order chi connectivity index (χ1) is 16.9. The van der Waals surface area contributed by atoms with Crippen LogP contribution in [0.2, 0.25) is 0 Å². The summed E-state index contributed by atoms with van der Waals surface area (Å²) in [4.78, 5) is 54.6. The van der Waals surface area contributed by atoms with Crippen LogP contribution in [0, 0.1) is 23.7 Å². The molecule has 7 heteroatoms. The molecular formula is C28H30N2O5. The van der Waals surface area contributed by atoms with Gasteiger partial charge in [0.05, 0.1) is 23.4 Å². The van der Waals surface area contributed by atoms with Gasteiger partial charge in [0.2, 0.25) is 17.7 Å². The van der Waals surface area contributed by atoms with E-state index in [4.69, 9.17) is 4.74 Å². The quantitative estimate of drug-likeness (QED) is 0.370. The van der Waals surface area contributed by atoms with Crippen LogP contribution in [0.25, 0.3) is 0 Å². The molecule has 2 saturated heterocycles. The fraction of sp³-hybridized carbons (Fsp3) is 0.429. The number of carbonyl (C=O) groups excluding carboxylic acids is 4. The maximum atomic E-state index is 13.1. The van der Waals surface area contributed by atoms with Gasteiger partial charge in [-0.25, -0.2) is 4.90 Å². The van der Waals surface area contributed by atoms with Gasteiger partial charge in [0, 0.05) is 24.7 Å². The van der Waals surface area contributed by atoms with E-state index >= 15 is 0 Å². The van der Waals surface area contributed by atoms with Gasteiger partial charge in [0.25, 0.3) is 0 Å². The van der Waals surface area contributed by atoms with Crippen LogP contribution in [0.1, 0.15) is 45.1 Å². The third-order valence-corrected chi connectivity index (χ3v) is 7.60. The second-order valence-electron chi connectivity index (χ2n) is 9.95. The first-order valence-corrected chi connectivity index (χ1v) is 12.4. The molecule has 2 aromatic rings. The number of rotatable bonds is 5. The monoisotopic (exact) mass is 474 g/mol. The average molecular weight is 475 g/mol. The summed E-state index contributed by atoms with van der Waals surface area (Å²) in [6.07, 6.45) is 3.28. The third-order valence-electron chi connectivity index (χ3n) is 7.60. The molecule has 2 heterocycles. The molecule has 0 radical (unpaired) electrons. The van der Waals surface area contributed by atoms with Crippen LogP contribution in [0.3, 0.4) is 0 Å². The molecule has 2 aliphatic heterocycles. The number of esters is 1. The summed E-state index contributed by atoms with van der Waals surface area (Å²) < 4.78 is 5.63. The maximum Gasteiger partial charge on any atom is 0.316 e. The van der Waals surface area contributed by atoms with Gasteiger partial charge in [0.1, 0.15) is 5.75 Å². The fourth-order valence-corrected chi connectivity index (χ4v) is 5.70. The minimum absolute atomic E-state index is 0.0845. The van der Waals surface area contributed by atoms with Crippen LogP contribution in [0.4, 0.5) is 11.4 Å². The second-order valence-corrected chi connectivity index (χ2v) is 9.95. The lowest BCUT2D eigenvalue weighted by atomic mass is 9.76. The van der Waals surface area contributed by atoms with E-state index < -0.39 is 11.9 Å². The zero-order valence-electron chi connectivity index (χ0n) is 20.1. The molecule has 0 N–H and O–H groups in total. The lowest BCUT2D eigenvalue weighted by molar-refractivity contribution is -0.139. The average Bonchev–Trinajstić information content (AvgIpc) is 3.36. The summed E-state index contributed by atoms with van der Waals surface area (Å²) in [5.74, 6) is -1.35. The van der Waals surface area contributed by atoms with Crippen LogP contribution < -0.4 is 14.5 Å². The number of carbonyl (C=O) groups is 4. The highest BCUT2D eigenvalue weighted by molar-refractivity contribution is 6.22. The molecular weight excluding hydrogens is 444 g/mol. The van der Waals surface area contributed by atoms with Crippen molar-refractivity contribution in [2.45, 2.75) is 46.0 Å². The number of ether oxygens (including phenoxy) is 1. The largest absolute Gasteiger partial charge is 0.426 e. The molecule has 1 saturated carbocycles. The number of nitrogens with zero attached hydrogens (tertiary/aromatic N) is 2. The molecule has 0 bridgehead atoms. The van der Waals surface area contributed by atoms with Gasteiger partial charge in [0.15, 0.2) is 0 Å². The smallest absolute Gasteiger partial charge is 0.316 e. The van der Waals surface area contributed by atoms with Crippen LogP contribution in [0.5, 0.6) is 5.75 Å². The molecule has 0 unspecified atom stereocenters. The summed E-state index contributed by atoms with van der Waals surface area (Å²) in [6, 6.07) is 14.3. The minimum atomic E-state index is -0.588. The lowest BCUT2D eigenvalue weighted by Gasteiger charge is -2.25. The predicted octanol–water partition coefficient (Wildman–Crippen LogP) is 4.13. The van der Waals surface area contributed by atoms with Crippen molar-refractivity contribution in [1.82, 2.24) is 0 Å². The van der Waals surface area contributed by atoms with E-state index in [-0.39, 0.29) is 48.3 Å². The van der Waals surface area contributed by atoms with Crippen molar-refractivity contribution >= 4 is 35.1 Å². The molecule has 7 nitrogen and oxygen atoms in total. The number of anilines is 2. The van der Waals surface area contributed by atoms with Crippen molar-refractivity contribution in [3.8, 4) is 5.75 Å². The van der Waals surface area contributed by atoms with E-state index in [1.54, 1.807) is 29.2 Å². The highest BCUT2D eigenvalue weighted by Crippen LogP contribution is 2.42. The Balaban J connectivity index is 1.30. The number of para-hydroxylation sites is 1. The van der Waals surface area contributed by atoms with Crippen molar-refractivity contribution in [1.29, 1.82) is 0 Å². The van der Waals surface area contributed by atoms with Gasteiger partial charge in [-0.3, -0.25) is 19.2 Å².